The molecule has 0 aliphatic carbocycles. The summed E-state index contributed by atoms with van der Waals surface area (Å²) < 4.78 is 5.40. The van der Waals surface area contributed by atoms with E-state index in [1.165, 1.54) is 19.3 Å². The minimum Gasteiger partial charge on any atom is -0.466 e. The lowest BCUT2D eigenvalue weighted by molar-refractivity contribution is -0.145. The Morgan fingerprint density at radius 2 is 2.05 bits per heavy atom. The van der Waals surface area contributed by atoms with Gasteiger partial charge >= 0.3 is 5.97 Å². The van der Waals surface area contributed by atoms with Gasteiger partial charge in [-0.2, -0.15) is 0 Å². The lowest BCUT2D eigenvalue weighted by atomic mass is 9.92. The summed E-state index contributed by atoms with van der Waals surface area (Å²) in [5.41, 5.74) is 0.291. The highest BCUT2D eigenvalue weighted by Gasteiger charge is 2.28. The number of ether oxygens (including phenoxy) is 1. The lowest BCUT2D eigenvalue weighted by Gasteiger charge is -2.11. The van der Waals surface area contributed by atoms with Gasteiger partial charge in [0.2, 0.25) is 0 Å². The van der Waals surface area contributed by atoms with E-state index in [2.05, 4.69) is 20.9 Å². The Labute approximate surface area is 119 Å². The highest BCUT2D eigenvalue weighted by molar-refractivity contribution is 9.10. The van der Waals surface area contributed by atoms with Crippen LogP contribution in [0.15, 0.2) is 22.9 Å². The fourth-order valence-corrected chi connectivity index (χ4v) is 1.92. The van der Waals surface area contributed by atoms with Crippen molar-refractivity contribution in [1.82, 2.24) is 4.98 Å². The third-order valence-electron chi connectivity index (χ3n) is 2.47. The topological polar surface area (TPSA) is 73.3 Å². The van der Waals surface area contributed by atoms with Gasteiger partial charge in [0, 0.05) is 22.4 Å². The number of halogens is 1. The second kappa shape index (κ2) is 7.13. The minimum absolute atomic E-state index is 0.218. The van der Waals surface area contributed by atoms with E-state index in [0.717, 1.165) is 0 Å². The first kappa shape index (κ1) is 15.5. The summed E-state index contributed by atoms with van der Waals surface area (Å²) in [5.74, 6) is -2.36. The van der Waals surface area contributed by atoms with E-state index in [1.54, 1.807) is 13.0 Å². The van der Waals surface area contributed by atoms with Crippen molar-refractivity contribution in [3.63, 3.8) is 0 Å². The van der Waals surface area contributed by atoms with Gasteiger partial charge in [0.1, 0.15) is 5.78 Å². The average molecular weight is 328 g/mol. The van der Waals surface area contributed by atoms with Gasteiger partial charge in [-0.3, -0.25) is 19.4 Å². The van der Waals surface area contributed by atoms with Crippen LogP contribution in [0.2, 0.25) is 0 Å². The van der Waals surface area contributed by atoms with Gasteiger partial charge in [-0.1, -0.05) is 0 Å². The van der Waals surface area contributed by atoms with E-state index < -0.39 is 17.7 Å². The number of aromatic nitrogens is 1. The molecule has 1 heterocycles. The monoisotopic (exact) mass is 327 g/mol. The summed E-state index contributed by atoms with van der Waals surface area (Å²) in [7, 11) is 0. The minimum atomic E-state index is -1.02. The van der Waals surface area contributed by atoms with Gasteiger partial charge in [0.15, 0.2) is 5.78 Å². The van der Waals surface area contributed by atoms with Crippen molar-refractivity contribution in [2.45, 2.75) is 20.3 Å². The Hall–Kier alpha value is -1.56. The molecule has 0 aromatic carbocycles. The molecule has 102 valence electrons. The molecule has 19 heavy (non-hydrogen) atoms. The molecule has 0 bridgehead atoms. The summed E-state index contributed by atoms with van der Waals surface area (Å²) in [4.78, 5) is 39.0. The van der Waals surface area contributed by atoms with Crippen molar-refractivity contribution in [2.24, 2.45) is 5.92 Å². The van der Waals surface area contributed by atoms with Crippen LogP contribution in [-0.2, 0) is 14.3 Å². The number of hydrogen-bond donors (Lipinski definition) is 0. The molecule has 5 nitrogen and oxygen atoms in total. The molecule has 0 saturated carbocycles. The number of nitrogens with zero attached hydrogens (tertiary/aromatic N) is 1. The third kappa shape index (κ3) is 4.55. The fraction of sp³-hybridized carbons (Fsp3) is 0.385. The van der Waals surface area contributed by atoms with Crippen LogP contribution >= 0.6 is 15.9 Å². The largest absolute Gasteiger partial charge is 0.466 e. The maximum atomic E-state index is 12.2. The summed E-state index contributed by atoms with van der Waals surface area (Å²) in [6.07, 6.45) is 2.66. The Bertz CT molecular complexity index is 501. The number of pyridine rings is 1. The lowest BCUT2D eigenvalue weighted by Crippen LogP contribution is -2.26. The first-order chi connectivity index (χ1) is 8.95. The van der Waals surface area contributed by atoms with Crippen LogP contribution < -0.4 is 0 Å². The number of hydrogen-bond acceptors (Lipinski definition) is 5. The summed E-state index contributed by atoms with van der Waals surface area (Å²) in [5, 5.41) is 0. The van der Waals surface area contributed by atoms with Gasteiger partial charge in [-0.25, -0.2) is 0 Å². The number of esters is 1. The van der Waals surface area contributed by atoms with E-state index >= 15 is 0 Å². The van der Waals surface area contributed by atoms with Crippen molar-refractivity contribution >= 4 is 33.5 Å². The second-order valence-electron chi connectivity index (χ2n) is 3.93. The Morgan fingerprint density at radius 1 is 1.37 bits per heavy atom. The first-order valence-corrected chi connectivity index (χ1v) is 6.55. The van der Waals surface area contributed by atoms with Crippen molar-refractivity contribution < 1.29 is 19.1 Å². The zero-order valence-corrected chi connectivity index (χ0v) is 12.3. The number of carbonyl (C=O) groups excluding carboxylic acids is 3. The van der Waals surface area contributed by atoms with Crippen LogP contribution in [0.5, 0.6) is 0 Å². The molecule has 0 aliphatic heterocycles. The van der Waals surface area contributed by atoms with Gasteiger partial charge in [-0.05, 0) is 35.8 Å². The van der Waals surface area contributed by atoms with Crippen molar-refractivity contribution in [1.29, 1.82) is 0 Å². The van der Waals surface area contributed by atoms with Crippen LogP contribution in [0.3, 0.4) is 0 Å². The molecule has 0 N–H and O–H groups in total. The number of carbonyl (C=O) groups is 3. The molecule has 1 unspecified atom stereocenters. The molecule has 0 spiro atoms. The van der Waals surface area contributed by atoms with Crippen LogP contribution in [0.25, 0.3) is 0 Å². The molecular weight excluding hydrogens is 314 g/mol. The maximum absolute atomic E-state index is 12.2. The normalized spacial score (nSPS) is 11.7. The van der Waals surface area contributed by atoms with E-state index in [-0.39, 0.29) is 18.8 Å². The van der Waals surface area contributed by atoms with Crippen molar-refractivity contribution in [2.75, 3.05) is 6.61 Å². The smallest absolute Gasteiger partial charge is 0.306 e. The molecule has 0 amide bonds. The van der Waals surface area contributed by atoms with Gasteiger partial charge in [0.05, 0.1) is 18.9 Å². The predicted molar refractivity (Wildman–Crippen MR) is 71.7 cm³/mol. The second-order valence-corrected chi connectivity index (χ2v) is 4.84. The Kier molecular flexibility index (Phi) is 5.82. The maximum Gasteiger partial charge on any atom is 0.306 e. The fourth-order valence-electron chi connectivity index (χ4n) is 1.56. The zero-order chi connectivity index (χ0) is 14.4. The highest BCUT2D eigenvalue weighted by atomic mass is 79.9. The molecule has 1 atom stereocenters. The summed E-state index contributed by atoms with van der Waals surface area (Å²) in [6, 6.07) is 1.57. The molecule has 0 saturated heterocycles. The van der Waals surface area contributed by atoms with Crippen molar-refractivity contribution in [3.05, 3.63) is 28.5 Å². The van der Waals surface area contributed by atoms with E-state index in [0.29, 0.717) is 10.0 Å². The molecular formula is C13H14BrNO4. The zero-order valence-electron chi connectivity index (χ0n) is 10.7. The van der Waals surface area contributed by atoms with Crippen LogP contribution in [0.4, 0.5) is 0 Å². The van der Waals surface area contributed by atoms with E-state index in [9.17, 15) is 14.4 Å². The molecule has 0 radical (unpaired) electrons. The molecule has 1 aromatic rings. The Balaban J connectivity index is 2.90. The number of ketones is 2. The number of rotatable bonds is 6. The Morgan fingerprint density at radius 3 is 2.58 bits per heavy atom. The third-order valence-corrected chi connectivity index (χ3v) is 2.91. The molecule has 1 rings (SSSR count). The molecule has 0 fully saturated rings. The van der Waals surface area contributed by atoms with Gasteiger partial charge in [-0.15, -0.1) is 0 Å². The standard InChI is InChI=1S/C13H14BrNO4/c1-3-19-12(17)5-11(8(2)16)13(18)9-4-10(14)7-15-6-9/h4,6-7,11H,3,5H2,1-2H3. The molecule has 0 aliphatic rings. The van der Waals surface area contributed by atoms with Crippen LogP contribution in [-0.4, -0.2) is 29.1 Å². The molecule has 1 aromatic heterocycles. The van der Waals surface area contributed by atoms with Crippen LogP contribution in [0.1, 0.15) is 30.6 Å². The predicted octanol–water partition coefficient (Wildman–Crippen LogP) is 2.19. The van der Waals surface area contributed by atoms with Gasteiger partial charge in [0.25, 0.3) is 0 Å². The van der Waals surface area contributed by atoms with Gasteiger partial charge < -0.3 is 4.74 Å². The summed E-state index contributed by atoms with van der Waals surface area (Å²) in [6.45, 7) is 3.17. The van der Waals surface area contributed by atoms with E-state index in [1.807, 2.05) is 0 Å². The average Bonchev–Trinajstić information content (AvgIpc) is 2.35. The van der Waals surface area contributed by atoms with Crippen LogP contribution in [0, 0.1) is 5.92 Å². The quantitative estimate of drug-likeness (QED) is 0.455. The number of Topliss-reactive ketones (excluding diaryl/α,β-unsaturated/α-hetero) is 2. The highest BCUT2D eigenvalue weighted by Crippen LogP contribution is 2.17. The van der Waals surface area contributed by atoms with Crippen molar-refractivity contribution in [3.8, 4) is 0 Å². The van der Waals surface area contributed by atoms with E-state index in [4.69, 9.17) is 4.74 Å². The summed E-state index contributed by atoms with van der Waals surface area (Å²) >= 11 is 3.20. The first-order valence-electron chi connectivity index (χ1n) is 5.76. The molecule has 6 heteroatoms. The SMILES string of the molecule is CCOC(=O)CC(C(C)=O)C(=O)c1cncc(Br)c1.